The molecule has 1 aliphatic rings. The lowest BCUT2D eigenvalue weighted by Crippen LogP contribution is -2.38. The molecule has 0 bridgehead atoms. The Balaban J connectivity index is 1.82. The van der Waals surface area contributed by atoms with Crippen LogP contribution in [-0.2, 0) is 25.8 Å². The Morgan fingerprint density at radius 2 is 2.25 bits per heavy atom. The van der Waals surface area contributed by atoms with Crippen molar-refractivity contribution in [3.8, 4) is 0 Å². The molecule has 1 N–H and O–H groups in total. The number of rotatable bonds is 3. The molecule has 1 aliphatic carbocycles. The Morgan fingerprint density at radius 3 is 3.05 bits per heavy atom. The fourth-order valence-corrected chi connectivity index (χ4v) is 3.46. The number of hydrogen-bond donors (Lipinski definition) is 1. The van der Waals surface area contributed by atoms with E-state index in [1.165, 1.54) is 11.1 Å². The van der Waals surface area contributed by atoms with Crippen molar-refractivity contribution in [1.29, 1.82) is 0 Å². The maximum absolute atomic E-state index is 10.9. The van der Waals surface area contributed by atoms with Crippen molar-refractivity contribution in [2.24, 2.45) is 0 Å². The van der Waals surface area contributed by atoms with Crippen LogP contribution >= 0.6 is 15.9 Å². The van der Waals surface area contributed by atoms with Gasteiger partial charge in [0.1, 0.15) is 5.82 Å². The molecule has 0 saturated carbocycles. The van der Waals surface area contributed by atoms with E-state index in [2.05, 4.69) is 50.6 Å². The molecular formula is C16H19BrN2O. The molecule has 106 valence electrons. The molecule has 0 spiro atoms. The van der Waals surface area contributed by atoms with Crippen LogP contribution in [0.2, 0.25) is 0 Å². The van der Waals surface area contributed by atoms with E-state index in [1.807, 2.05) is 12.4 Å². The fraction of sp³-hybridized carbons (Fsp3) is 0.438. The van der Waals surface area contributed by atoms with Gasteiger partial charge in [0.05, 0.1) is 5.60 Å². The molecule has 3 nitrogen and oxygen atoms in total. The van der Waals surface area contributed by atoms with Gasteiger partial charge in [-0.2, -0.15) is 0 Å². The second kappa shape index (κ2) is 5.34. The lowest BCUT2D eigenvalue weighted by atomic mass is 9.78. The number of aromatic nitrogens is 2. The zero-order valence-electron chi connectivity index (χ0n) is 11.6. The van der Waals surface area contributed by atoms with Gasteiger partial charge in [-0.25, -0.2) is 4.98 Å². The molecule has 0 fully saturated rings. The molecule has 1 heterocycles. The third-order valence-corrected chi connectivity index (χ3v) is 4.67. The summed E-state index contributed by atoms with van der Waals surface area (Å²) in [5.41, 5.74) is 1.94. The van der Waals surface area contributed by atoms with Crippen LogP contribution in [0.15, 0.2) is 35.1 Å². The Hall–Kier alpha value is -1.13. The van der Waals surface area contributed by atoms with Gasteiger partial charge < -0.3 is 9.67 Å². The van der Waals surface area contributed by atoms with Gasteiger partial charge >= 0.3 is 0 Å². The first-order chi connectivity index (χ1) is 9.59. The number of benzene rings is 1. The Kier molecular flexibility index (Phi) is 3.69. The first kappa shape index (κ1) is 13.8. The van der Waals surface area contributed by atoms with E-state index in [0.717, 1.165) is 29.7 Å². The average Bonchev–Trinajstić information content (AvgIpc) is 2.86. The van der Waals surface area contributed by atoms with E-state index in [9.17, 15) is 5.11 Å². The van der Waals surface area contributed by atoms with Gasteiger partial charge in [-0.15, -0.1) is 0 Å². The standard InChI is InChI=1S/C16H19BrN2O/c1-2-19-8-7-18-15(19)11-16(20)6-5-12-9-14(17)4-3-13(12)10-16/h3-4,7-9,20H,2,5-6,10-11H2,1H3. The van der Waals surface area contributed by atoms with Crippen LogP contribution in [0.4, 0.5) is 0 Å². The second-order valence-corrected chi connectivity index (χ2v) is 6.54. The lowest BCUT2D eigenvalue weighted by molar-refractivity contribution is 0.0241. The Bertz CT molecular complexity index is 623. The molecule has 0 radical (unpaired) electrons. The number of aliphatic hydroxyl groups is 1. The average molecular weight is 335 g/mol. The fourth-order valence-electron chi connectivity index (χ4n) is 3.05. The van der Waals surface area contributed by atoms with Gasteiger partial charge in [-0.3, -0.25) is 0 Å². The van der Waals surface area contributed by atoms with Gasteiger partial charge in [0.2, 0.25) is 0 Å². The molecule has 3 rings (SSSR count). The van der Waals surface area contributed by atoms with Crippen molar-refractivity contribution >= 4 is 15.9 Å². The third kappa shape index (κ3) is 2.67. The third-order valence-electron chi connectivity index (χ3n) is 4.18. The molecule has 1 aromatic carbocycles. The van der Waals surface area contributed by atoms with Crippen molar-refractivity contribution < 1.29 is 5.11 Å². The Labute approximate surface area is 127 Å². The summed E-state index contributed by atoms with van der Waals surface area (Å²) in [5.74, 6) is 0.982. The SMILES string of the molecule is CCn1ccnc1CC1(O)CCc2cc(Br)ccc2C1. The topological polar surface area (TPSA) is 38.0 Å². The van der Waals surface area contributed by atoms with Crippen molar-refractivity contribution in [3.05, 3.63) is 52.0 Å². The number of hydrogen-bond acceptors (Lipinski definition) is 2. The molecule has 2 aromatic rings. The zero-order chi connectivity index (χ0) is 14.2. The summed E-state index contributed by atoms with van der Waals surface area (Å²) in [5, 5.41) is 10.9. The van der Waals surface area contributed by atoms with Crippen LogP contribution in [0.3, 0.4) is 0 Å². The number of imidazole rings is 1. The summed E-state index contributed by atoms with van der Waals surface area (Å²) in [6.45, 7) is 3.00. The lowest BCUT2D eigenvalue weighted by Gasteiger charge is -2.33. The Morgan fingerprint density at radius 1 is 1.40 bits per heavy atom. The molecule has 1 atom stereocenters. The highest BCUT2D eigenvalue weighted by molar-refractivity contribution is 9.10. The van der Waals surface area contributed by atoms with Crippen molar-refractivity contribution in [2.75, 3.05) is 0 Å². The summed E-state index contributed by atoms with van der Waals surface area (Å²) in [4.78, 5) is 4.39. The predicted octanol–water partition coefficient (Wildman–Crippen LogP) is 3.13. The van der Waals surface area contributed by atoms with Crippen LogP contribution in [-0.4, -0.2) is 20.3 Å². The minimum absolute atomic E-state index is 0.628. The summed E-state index contributed by atoms with van der Waals surface area (Å²) in [6, 6.07) is 6.34. The summed E-state index contributed by atoms with van der Waals surface area (Å²) in [7, 11) is 0. The van der Waals surface area contributed by atoms with E-state index < -0.39 is 5.60 Å². The molecule has 20 heavy (non-hydrogen) atoms. The monoisotopic (exact) mass is 334 g/mol. The smallest absolute Gasteiger partial charge is 0.111 e. The molecule has 0 aliphatic heterocycles. The minimum Gasteiger partial charge on any atom is -0.389 e. The first-order valence-corrected chi connectivity index (χ1v) is 7.89. The number of nitrogens with zero attached hydrogens (tertiary/aromatic N) is 2. The van der Waals surface area contributed by atoms with Gasteiger partial charge in [0, 0.05) is 36.3 Å². The maximum Gasteiger partial charge on any atom is 0.111 e. The van der Waals surface area contributed by atoms with Crippen molar-refractivity contribution in [2.45, 2.75) is 44.8 Å². The normalized spacial score (nSPS) is 21.8. The van der Waals surface area contributed by atoms with E-state index in [4.69, 9.17) is 0 Å². The summed E-state index contributed by atoms with van der Waals surface area (Å²) >= 11 is 3.51. The maximum atomic E-state index is 10.9. The molecule has 0 amide bonds. The minimum atomic E-state index is -0.668. The van der Waals surface area contributed by atoms with E-state index in [1.54, 1.807) is 0 Å². The van der Waals surface area contributed by atoms with Crippen molar-refractivity contribution in [3.63, 3.8) is 0 Å². The molecular weight excluding hydrogens is 316 g/mol. The number of aryl methyl sites for hydroxylation is 2. The van der Waals surface area contributed by atoms with Crippen LogP contribution in [0.5, 0.6) is 0 Å². The predicted molar refractivity (Wildman–Crippen MR) is 82.7 cm³/mol. The molecule has 1 aromatic heterocycles. The van der Waals surface area contributed by atoms with Crippen LogP contribution < -0.4 is 0 Å². The van der Waals surface area contributed by atoms with E-state index in [0.29, 0.717) is 12.8 Å². The largest absolute Gasteiger partial charge is 0.389 e. The van der Waals surface area contributed by atoms with Crippen LogP contribution in [0, 0.1) is 0 Å². The van der Waals surface area contributed by atoms with Crippen LogP contribution in [0.25, 0.3) is 0 Å². The first-order valence-electron chi connectivity index (χ1n) is 7.09. The zero-order valence-corrected chi connectivity index (χ0v) is 13.2. The van der Waals surface area contributed by atoms with Gasteiger partial charge in [-0.05, 0) is 43.0 Å². The number of fused-ring (bicyclic) bond motifs is 1. The summed E-state index contributed by atoms with van der Waals surface area (Å²) < 4.78 is 3.22. The van der Waals surface area contributed by atoms with Gasteiger partial charge in [-0.1, -0.05) is 22.0 Å². The highest BCUT2D eigenvalue weighted by Crippen LogP contribution is 2.32. The van der Waals surface area contributed by atoms with Crippen LogP contribution in [0.1, 0.15) is 30.3 Å². The van der Waals surface area contributed by atoms with E-state index in [-0.39, 0.29) is 0 Å². The highest BCUT2D eigenvalue weighted by Gasteiger charge is 2.33. The molecule has 1 unspecified atom stereocenters. The quantitative estimate of drug-likeness (QED) is 0.936. The van der Waals surface area contributed by atoms with Gasteiger partial charge in [0.25, 0.3) is 0 Å². The molecule has 4 heteroatoms. The summed E-state index contributed by atoms with van der Waals surface area (Å²) in [6.07, 6.45) is 6.86. The van der Waals surface area contributed by atoms with E-state index >= 15 is 0 Å². The second-order valence-electron chi connectivity index (χ2n) is 5.62. The molecule has 0 saturated heterocycles. The number of halogens is 1. The van der Waals surface area contributed by atoms with Crippen molar-refractivity contribution in [1.82, 2.24) is 9.55 Å². The highest BCUT2D eigenvalue weighted by atomic mass is 79.9. The van der Waals surface area contributed by atoms with Gasteiger partial charge in [0.15, 0.2) is 0 Å².